The zero-order chi connectivity index (χ0) is 80.6. The normalized spacial score (nSPS) is 15.7. The highest BCUT2D eigenvalue weighted by Crippen LogP contribution is 2.15. The Hall–Kier alpha value is -10.3. The molecule has 0 saturated heterocycles. The van der Waals surface area contributed by atoms with Crippen LogP contribution in [0.5, 0.6) is 5.75 Å². The number of carboxylic acid groups (broad SMARTS) is 3. The van der Waals surface area contributed by atoms with Gasteiger partial charge in [-0.2, -0.15) is 25.3 Å². The minimum absolute atomic E-state index is 0.0881. The summed E-state index contributed by atoms with van der Waals surface area (Å²) >= 11 is 8.04. The van der Waals surface area contributed by atoms with E-state index >= 15 is 0 Å². The highest BCUT2D eigenvalue weighted by atomic mass is 32.1. The number of carbonyl (C=O) groups excluding carboxylic acids is 14. The third-order valence-corrected chi connectivity index (χ3v) is 16.1. The van der Waals surface area contributed by atoms with E-state index in [4.69, 9.17) is 11.5 Å². The Kier molecular flexibility index (Phi) is 39.1. The Balaban J connectivity index is 2.47. The number of carboxylic acids is 3. The number of primary amides is 1. The first-order valence-corrected chi connectivity index (χ1v) is 34.0. The van der Waals surface area contributed by atoms with Crippen molar-refractivity contribution < 1.29 is 122 Å². The van der Waals surface area contributed by atoms with Crippen molar-refractivity contribution in [3.8, 4) is 5.75 Å². The van der Waals surface area contributed by atoms with Crippen LogP contribution in [0.1, 0.15) is 91.8 Å². The summed E-state index contributed by atoms with van der Waals surface area (Å²) in [4.78, 5) is 233. The number of H-pyrrole nitrogens is 1. The zero-order valence-corrected chi connectivity index (χ0v) is 60.4. The lowest BCUT2D eigenvalue weighted by Crippen LogP contribution is -2.63. The molecule has 2 rings (SSSR count). The van der Waals surface area contributed by atoms with Gasteiger partial charge in [-0.25, -0.2) is 9.78 Å². The van der Waals surface area contributed by atoms with E-state index in [0.29, 0.717) is 0 Å². The van der Waals surface area contributed by atoms with Gasteiger partial charge in [0.1, 0.15) is 72.2 Å². The summed E-state index contributed by atoms with van der Waals surface area (Å²) < 4.78 is 0. The highest BCUT2D eigenvalue weighted by molar-refractivity contribution is 7.80. The van der Waals surface area contributed by atoms with Crippen LogP contribution in [0.4, 0.5) is 0 Å². The molecular weight excluding hydrogens is 1450 g/mol. The molecule has 42 nitrogen and oxygen atoms in total. The number of imidazole rings is 1. The van der Waals surface area contributed by atoms with E-state index in [1.807, 2.05) is 16.0 Å². The number of hydrogen-bond acceptors (Lipinski definition) is 26. The van der Waals surface area contributed by atoms with Gasteiger partial charge in [0.05, 0.1) is 56.7 Å². The van der Waals surface area contributed by atoms with Gasteiger partial charge in [0.15, 0.2) is 6.04 Å². The Labute approximate surface area is 616 Å². The Morgan fingerprint density at radius 2 is 0.906 bits per heavy atom. The molecular formula is C62H95N17O25S2. The molecule has 0 aliphatic rings. The monoisotopic (exact) mass is 1540 g/mol. The number of nitrogens with two attached hydrogens (primary N) is 2. The smallest absolute Gasteiger partial charge is 0.328 e. The summed E-state index contributed by atoms with van der Waals surface area (Å²) in [7, 11) is 0. The van der Waals surface area contributed by atoms with Crippen LogP contribution in [0.25, 0.3) is 0 Å². The molecule has 106 heavy (non-hydrogen) atoms. The van der Waals surface area contributed by atoms with Gasteiger partial charge in [0.25, 0.3) is 0 Å². The van der Waals surface area contributed by atoms with Gasteiger partial charge < -0.3 is 126 Å². The predicted octanol–water partition coefficient (Wildman–Crippen LogP) is -9.84. The summed E-state index contributed by atoms with van der Waals surface area (Å²) in [6.07, 6.45) is -7.35. The number of aliphatic hydroxyl groups excluding tert-OH is 4. The molecule has 0 aliphatic heterocycles. The van der Waals surface area contributed by atoms with Crippen LogP contribution in [0.3, 0.4) is 0 Å². The molecule has 0 bridgehead atoms. The minimum Gasteiger partial charge on any atom is -0.508 e. The van der Waals surface area contributed by atoms with Gasteiger partial charge in [-0.15, -0.1) is 0 Å². The molecule has 44 heteroatoms. The predicted molar refractivity (Wildman–Crippen MR) is 373 cm³/mol. The first-order chi connectivity index (χ1) is 49.5. The third kappa shape index (κ3) is 32.0. The molecule has 0 aliphatic carbocycles. The van der Waals surface area contributed by atoms with Crippen molar-refractivity contribution in [3.63, 3.8) is 0 Å². The molecule has 0 radical (unpaired) electrons. The van der Waals surface area contributed by atoms with Crippen LogP contribution >= 0.6 is 25.3 Å². The number of phenols is 1. The second kappa shape index (κ2) is 45.2. The standard InChI is InChI=1S/C62H95N17O25S2/c1-25(2)14-35(52(93)72-38(17-42(64)85)54(95)70-36(15-30-8-10-32(84)11-9-30)55(96)77-46(26(3)4)59(100)68-34(12-13-44(87)88)51(92)79-49(29(7)83)62(103)104)69-53(94)37(16-31-19-65-24-67-31)71-58(99)41(23-106)75-61(102)48(28(6)82)78-56(97)39(18-45(89)90)73-57(98)40(21-80)74-60(101)47(27(5)81)76-43(86)20-66-50(91)33(63)22-105/h8-11,19,24-29,33-41,46-49,80-84,105-106H,12-18,20-23,63H2,1-7H3,(H2,64,85)(H,65,67)(H,66,91)(H,68,100)(H,69,94)(H,70,95)(H,71,99)(H,72,93)(H,73,98)(H,74,101)(H,75,102)(H,76,86)(H,77,96)(H,78,97)(H,79,92)(H,87,88)(H,89,90)(H,103,104)/t27-,28-,29-,33+,34+,35+,36+,37+,38+,39+,40+,41+,46+,47+,48+,49+/m1/s1. The second-order valence-electron chi connectivity index (χ2n) is 25.2. The van der Waals surface area contributed by atoms with Gasteiger partial charge in [0, 0.05) is 42.7 Å². The molecule has 0 unspecified atom stereocenters. The number of phenolic OH excluding ortho intramolecular Hbond substituents is 1. The number of aliphatic hydroxyl groups is 4. The average molecular weight is 1540 g/mol. The molecule has 2 aromatic rings. The molecule has 1 aromatic carbocycles. The lowest BCUT2D eigenvalue weighted by Gasteiger charge is -2.29. The van der Waals surface area contributed by atoms with Crippen LogP contribution < -0.4 is 80.6 Å². The van der Waals surface area contributed by atoms with Crippen molar-refractivity contribution in [2.24, 2.45) is 23.3 Å². The fraction of sp³-hybridized carbons (Fsp3) is 0.581. The maximum Gasteiger partial charge on any atom is 0.328 e. The molecule has 0 fully saturated rings. The summed E-state index contributed by atoms with van der Waals surface area (Å²) in [6.45, 7) is 7.25. The van der Waals surface area contributed by atoms with E-state index in [9.17, 15) is 122 Å². The topological polar surface area (TPSA) is 689 Å². The Morgan fingerprint density at radius 3 is 1.39 bits per heavy atom. The molecule has 1 aromatic heterocycles. The number of nitrogens with zero attached hydrogens (tertiary/aromatic N) is 1. The van der Waals surface area contributed by atoms with E-state index in [0.717, 1.165) is 20.8 Å². The lowest BCUT2D eigenvalue weighted by atomic mass is 9.99. The van der Waals surface area contributed by atoms with Crippen molar-refractivity contribution in [1.82, 2.24) is 79.1 Å². The molecule has 14 amide bonds. The van der Waals surface area contributed by atoms with E-state index in [1.54, 1.807) is 13.8 Å². The van der Waals surface area contributed by atoms with Crippen molar-refractivity contribution in [2.45, 2.75) is 190 Å². The fourth-order valence-corrected chi connectivity index (χ4v) is 10.00. The van der Waals surface area contributed by atoms with Crippen LogP contribution in [0, 0.1) is 11.8 Å². The minimum atomic E-state index is -2.15. The lowest BCUT2D eigenvalue weighted by molar-refractivity contribution is -0.145. The Bertz CT molecular complexity index is 3400. The largest absolute Gasteiger partial charge is 0.508 e. The maximum atomic E-state index is 14.5. The van der Waals surface area contributed by atoms with Gasteiger partial charge in [-0.05, 0) is 63.1 Å². The van der Waals surface area contributed by atoms with Gasteiger partial charge in [0.2, 0.25) is 82.7 Å². The number of thiol groups is 2. The number of amides is 14. The number of aromatic amines is 1. The number of aromatic nitrogens is 2. The molecule has 590 valence electrons. The Morgan fingerprint density at radius 1 is 0.481 bits per heavy atom. The second-order valence-corrected chi connectivity index (χ2v) is 25.9. The summed E-state index contributed by atoms with van der Waals surface area (Å²) in [6, 6.07) is -18.1. The third-order valence-electron chi connectivity index (χ3n) is 15.3. The summed E-state index contributed by atoms with van der Waals surface area (Å²) in [5.74, 6) is -23.7. The van der Waals surface area contributed by atoms with Crippen molar-refractivity contribution in [2.75, 3.05) is 24.7 Å². The summed E-state index contributed by atoms with van der Waals surface area (Å²) in [5, 5.41) is 109. The van der Waals surface area contributed by atoms with Gasteiger partial charge in [-0.3, -0.25) is 76.7 Å². The fourth-order valence-electron chi connectivity index (χ4n) is 9.57. The number of nitrogens with one attached hydrogen (secondary N) is 14. The highest BCUT2D eigenvalue weighted by Gasteiger charge is 2.40. The molecule has 0 saturated carbocycles. The average Bonchev–Trinajstić information content (AvgIpc) is 0.872. The molecule has 0 spiro atoms. The van der Waals surface area contributed by atoms with Gasteiger partial charge >= 0.3 is 17.9 Å². The number of rotatable bonds is 47. The van der Waals surface area contributed by atoms with Crippen LogP contribution in [-0.4, -0.2) is 273 Å². The zero-order valence-electron chi connectivity index (χ0n) is 58.6. The van der Waals surface area contributed by atoms with Crippen LogP contribution in [0.15, 0.2) is 36.8 Å². The number of hydrogen-bond donors (Lipinski definition) is 26. The molecule has 16 atom stereocenters. The summed E-state index contributed by atoms with van der Waals surface area (Å²) in [5.41, 5.74) is 11.6. The van der Waals surface area contributed by atoms with Crippen LogP contribution in [-0.2, 0) is 94.3 Å². The SMILES string of the molecule is CC(C)C[C@H](NC(=O)[C@H](Cc1cnc[nH]1)NC(=O)[C@H](CS)NC(=O)[C@@H](NC(=O)[C@H](CC(=O)O)NC(=O)[C@H](CO)NC(=O)[C@@H](NC(=O)CNC(=O)[C@@H](N)CS)[C@@H](C)O)[C@@H](C)O)C(=O)N[C@@H](CC(N)=O)C(=O)N[C@@H](Cc1ccc(O)cc1)C(=O)N[C@H](C(=O)N[C@@H](CCC(=O)O)C(=O)N[C@H](C(=O)O)[C@@H](C)O)C(C)C. The van der Waals surface area contributed by atoms with Crippen molar-refractivity contribution >= 4 is 126 Å². The first-order valence-electron chi connectivity index (χ1n) is 32.8. The first kappa shape index (κ1) is 91.8. The number of benzene rings is 1. The molecule has 1 heterocycles. The van der Waals surface area contributed by atoms with E-state index in [-0.39, 0.29) is 29.2 Å². The van der Waals surface area contributed by atoms with E-state index < -0.39 is 267 Å². The van der Waals surface area contributed by atoms with Crippen LogP contribution in [0.2, 0.25) is 0 Å². The van der Waals surface area contributed by atoms with E-state index in [1.165, 1.54) is 50.6 Å². The quantitative estimate of drug-likeness (QED) is 0.0274. The number of carbonyl (C=O) groups is 17. The van der Waals surface area contributed by atoms with E-state index in [2.05, 4.69) is 88.4 Å². The molecule has 26 N–H and O–H groups in total. The van der Waals surface area contributed by atoms with Gasteiger partial charge in [-0.1, -0.05) is 39.8 Å². The van der Waals surface area contributed by atoms with Crippen molar-refractivity contribution in [3.05, 3.63) is 48.0 Å². The number of aromatic hydroxyl groups is 1. The number of aliphatic carboxylic acids is 3. The van der Waals surface area contributed by atoms with Crippen molar-refractivity contribution in [1.29, 1.82) is 0 Å². The maximum absolute atomic E-state index is 14.5.